The maximum absolute atomic E-state index is 13.5. The molecule has 3 atom stereocenters. The Kier molecular flexibility index (Phi) is 8.55. The molecule has 1 aromatic rings. The van der Waals surface area contributed by atoms with Gasteiger partial charge in [0.05, 0.1) is 13.2 Å². The normalized spacial score (nSPS) is 25.0. The van der Waals surface area contributed by atoms with Gasteiger partial charge in [-0.15, -0.1) is 0 Å². The molecule has 8 nitrogen and oxygen atoms in total. The van der Waals surface area contributed by atoms with Gasteiger partial charge in [0.15, 0.2) is 0 Å². The molecule has 1 N–H and O–H groups in total. The van der Waals surface area contributed by atoms with Crippen LogP contribution in [0.4, 0.5) is 0 Å². The predicted octanol–water partition coefficient (Wildman–Crippen LogP) is 2.37. The molecule has 2 aliphatic rings. The van der Waals surface area contributed by atoms with Gasteiger partial charge in [0.1, 0.15) is 16.7 Å². The number of aliphatic hydroxyl groups excluding tert-OH is 1. The highest BCUT2D eigenvalue weighted by Crippen LogP contribution is 2.34. The third-order valence-electron chi connectivity index (χ3n) is 6.45. The predicted molar refractivity (Wildman–Crippen MR) is 126 cm³/mol. The largest absolute Gasteiger partial charge is 0.487 e. The minimum atomic E-state index is -3.87. The van der Waals surface area contributed by atoms with E-state index in [1.54, 1.807) is 37.1 Å². The molecule has 3 rings (SSSR count). The van der Waals surface area contributed by atoms with Gasteiger partial charge in [-0.3, -0.25) is 4.79 Å². The summed E-state index contributed by atoms with van der Waals surface area (Å²) in [6.45, 7) is 6.92. The molecule has 0 bridgehead atoms. The fourth-order valence-corrected chi connectivity index (χ4v) is 6.20. The Morgan fingerprint density at radius 3 is 2.67 bits per heavy atom. The molecule has 2 heterocycles. The molecule has 1 fully saturated rings. The second kappa shape index (κ2) is 11.0. The van der Waals surface area contributed by atoms with Gasteiger partial charge >= 0.3 is 0 Å². The summed E-state index contributed by atoms with van der Waals surface area (Å²) in [6.07, 6.45) is 4.75. The maximum atomic E-state index is 13.5. The lowest BCUT2D eigenvalue weighted by atomic mass is 9.97. The number of allylic oxidation sites excluding steroid dienone is 1. The summed E-state index contributed by atoms with van der Waals surface area (Å²) in [6, 6.07) is 4.43. The smallest absolute Gasteiger partial charge is 0.247 e. The van der Waals surface area contributed by atoms with E-state index in [-0.39, 0.29) is 41.5 Å². The number of ether oxygens (including phenoxy) is 2. The highest BCUT2D eigenvalue weighted by atomic mass is 32.2. The number of benzene rings is 1. The zero-order valence-electron chi connectivity index (χ0n) is 19.9. The molecule has 0 saturated carbocycles. The maximum Gasteiger partial charge on any atom is 0.247 e. The van der Waals surface area contributed by atoms with Crippen LogP contribution in [0.15, 0.2) is 29.2 Å². The summed E-state index contributed by atoms with van der Waals surface area (Å²) in [5.41, 5.74) is 0.826. The van der Waals surface area contributed by atoms with Crippen molar-refractivity contribution in [3.05, 3.63) is 29.8 Å². The molecule has 0 aliphatic carbocycles. The van der Waals surface area contributed by atoms with Crippen LogP contribution in [0.2, 0.25) is 0 Å². The lowest BCUT2D eigenvalue weighted by Gasteiger charge is -2.38. The van der Waals surface area contributed by atoms with Crippen LogP contribution in [-0.2, 0) is 19.6 Å². The SMILES string of the molecule is C/C=C/c1ccc2c(c1)O[C@@H](CN(C)C(=O)C1CCOCC1)[C@@H](C)CN([C@H](C)CO)S2(=O)=O. The van der Waals surface area contributed by atoms with E-state index in [9.17, 15) is 18.3 Å². The van der Waals surface area contributed by atoms with E-state index in [1.165, 1.54) is 4.31 Å². The van der Waals surface area contributed by atoms with Gasteiger partial charge in [0, 0.05) is 44.7 Å². The molecule has 9 heteroatoms. The number of amides is 1. The molecular formula is C24H36N2O6S. The van der Waals surface area contributed by atoms with Gasteiger partial charge in [-0.1, -0.05) is 25.1 Å². The number of carbonyl (C=O) groups is 1. The molecule has 0 radical (unpaired) electrons. The summed E-state index contributed by atoms with van der Waals surface area (Å²) in [7, 11) is -2.10. The van der Waals surface area contributed by atoms with Crippen molar-refractivity contribution < 1.29 is 27.8 Å². The molecule has 1 amide bonds. The number of hydrogen-bond donors (Lipinski definition) is 1. The average Bonchev–Trinajstić information content (AvgIpc) is 2.81. The van der Waals surface area contributed by atoms with Crippen LogP contribution in [0.1, 0.15) is 39.2 Å². The van der Waals surface area contributed by atoms with Crippen LogP contribution in [-0.4, -0.2) is 80.7 Å². The van der Waals surface area contributed by atoms with E-state index in [0.29, 0.717) is 32.6 Å². The van der Waals surface area contributed by atoms with Crippen molar-refractivity contribution in [1.29, 1.82) is 0 Å². The van der Waals surface area contributed by atoms with Crippen molar-refractivity contribution in [2.45, 2.75) is 50.7 Å². The van der Waals surface area contributed by atoms with E-state index in [0.717, 1.165) is 5.56 Å². The van der Waals surface area contributed by atoms with Crippen LogP contribution >= 0.6 is 0 Å². The number of sulfonamides is 1. The van der Waals surface area contributed by atoms with Crippen molar-refractivity contribution in [1.82, 2.24) is 9.21 Å². The summed E-state index contributed by atoms with van der Waals surface area (Å²) >= 11 is 0. The first-order valence-electron chi connectivity index (χ1n) is 11.6. The van der Waals surface area contributed by atoms with Crippen molar-refractivity contribution in [3.63, 3.8) is 0 Å². The van der Waals surface area contributed by atoms with Crippen LogP contribution in [0.3, 0.4) is 0 Å². The Balaban J connectivity index is 1.95. The molecule has 0 aromatic heterocycles. The van der Waals surface area contributed by atoms with Gasteiger partial charge in [0.2, 0.25) is 15.9 Å². The topological polar surface area (TPSA) is 96.4 Å². The third kappa shape index (κ3) is 5.77. The second-order valence-corrected chi connectivity index (χ2v) is 10.9. The minimum Gasteiger partial charge on any atom is -0.487 e. The van der Waals surface area contributed by atoms with E-state index < -0.39 is 22.2 Å². The lowest BCUT2D eigenvalue weighted by molar-refractivity contribution is -0.138. The van der Waals surface area contributed by atoms with E-state index in [4.69, 9.17) is 9.47 Å². The fourth-order valence-electron chi connectivity index (χ4n) is 4.37. The van der Waals surface area contributed by atoms with Gasteiger partial charge in [-0.2, -0.15) is 4.31 Å². The molecule has 1 saturated heterocycles. The van der Waals surface area contributed by atoms with Crippen molar-refractivity contribution in [3.8, 4) is 5.75 Å². The molecule has 0 spiro atoms. The third-order valence-corrected chi connectivity index (χ3v) is 8.47. The van der Waals surface area contributed by atoms with E-state index >= 15 is 0 Å². The zero-order chi connectivity index (χ0) is 24.2. The molecule has 1 aromatic carbocycles. The van der Waals surface area contributed by atoms with Crippen LogP contribution in [0.25, 0.3) is 6.08 Å². The Labute approximate surface area is 197 Å². The number of likely N-dealkylation sites (N-methyl/N-ethyl adjacent to an activating group) is 1. The van der Waals surface area contributed by atoms with Gasteiger partial charge < -0.3 is 19.5 Å². The zero-order valence-corrected chi connectivity index (χ0v) is 20.8. The highest BCUT2D eigenvalue weighted by Gasteiger charge is 2.38. The standard InChI is InChI=1S/C24H36N2O6S/c1-5-6-19-7-8-23-21(13-19)32-22(15-25(4)24(28)20-9-11-31-12-10-20)17(2)14-26(18(3)16-27)33(23,29)30/h5-8,13,17-18,20,22,27H,9-12,14-16H2,1-4H3/b6-5+/t17-,18+,22-/m0/s1. The number of carbonyl (C=O) groups excluding carboxylic acids is 1. The molecule has 0 unspecified atom stereocenters. The molecule has 33 heavy (non-hydrogen) atoms. The summed E-state index contributed by atoms with van der Waals surface area (Å²) < 4.78 is 40.0. The summed E-state index contributed by atoms with van der Waals surface area (Å²) in [5, 5.41) is 9.75. The highest BCUT2D eigenvalue weighted by molar-refractivity contribution is 7.89. The first-order valence-corrected chi connectivity index (χ1v) is 13.0. The Hall–Kier alpha value is -1.94. The molecule has 2 aliphatic heterocycles. The van der Waals surface area contributed by atoms with Gasteiger partial charge in [0.25, 0.3) is 0 Å². The van der Waals surface area contributed by atoms with E-state index in [1.807, 2.05) is 26.0 Å². The first-order chi connectivity index (χ1) is 15.7. The van der Waals surface area contributed by atoms with Crippen LogP contribution in [0, 0.1) is 11.8 Å². The Morgan fingerprint density at radius 1 is 1.33 bits per heavy atom. The number of fused-ring (bicyclic) bond motifs is 1. The number of nitrogens with zero attached hydrogens (tertiary/aromatic N) is 2. The van der Waals surface area contributed by atoms with Crippen LogP contribution < -0.4 is 4.74 Å². The summed E-state index contributed by atoms with van der Waals surface area (Å²) in [5.74, 6) is 0.0566. The number of hydrogen-bond acceptors (Lipinski definition) is 6. The quantitative estimate of drug-likeness (QED) is 0.672. The van der Waals surface area contributed by atoms with Gasteiger partial charge in [-0.25, -0.2) is 8.42 Å². The van der Waals surface area contributed by atoms with Gasteiger partial charge in [-0.05, 0) is 44.4 Å². The number of rotatable bonds is 6. The fraction of sp³-hybridized carbons (Fsp3) is 0.625. The summed E-state index contributed by atoms with van der Waals surface area (Å²) in [4.78, 5) is 14.8. The Bertz CT molecular complexity index is 958. The minimum absolute atomic E-state index is 0.0623. The Morgan fingerprint density at radius 2 is 2.03 bits per heavy atom. The molecular weight excluding hydrogens is 444 g/mol. The molecule has 184 valence electrons. The first kappa shape index (κ1) is 25.7. The lowest BCUT2D eigenvalue weighted by Crippen LogP contribution is -2.50. The van der Waals surface area contributed by atoms with Crippen molar-refractivity contribution >= 4 is 22.0 Å². The van der Waals surface area contributed by atoms with Crippen molar-refractivity contribution in [2.75, 3.05) is 40.0 Å². The van der Waals surface area contributed by atoms with Crippen LogP contribution in [0.5, 0.6) is 5.75 Å². The van der Waals surface area contributed by atoms with Crippen molar-refractivity contribution in [2.24, 2.45) is 11.8 Å². The second-order valence-electron chi connectivity index (χ2n) is 9.05. The number of aliphatic hydroxyl groups is 1. The van der Waals surface area contributed by atoms with E-state index in [2.05, 4.69) is 0 Å². The monoisotopic (exact) mass is 480 g/mol. The average molecular weight is 481 g/mol.